The molecule has 0 spiro atoms. The number of hydrogen-bond donors (Lipinski definition) is 3. The summed E-state index contributed by atoms with van der Waals surface area (Å²) in [6.45, 7) is 6.94. The fourth-order valence-electron chi connectivity index (χ4n) is 2.04. The normalized spacial score (nSPS) is 15.9. The largest absolute Gasteiger partial charge is 0.467 e. The molecule has 1 fully saturated rings. The van der Waals surface area contributed by atoms with Gasteiger partial charge in [0.05, 0.1) is 7.11 Å². The summed E-state index contributed by atoms with van der Waals surface area (Å²) in [7, 11) is 1.25. The van der Waals surface area contributed by atoms with Crippen LogP contribution in [0, 0.1) is 5.41 Å². The molecule has 0 aliphatic carbocycles. The van der Waals surface area contributed by atoms with E-state index in [-0.39, 0.29) is 12.5 Å². The second-order valence-corrected chi connectivity index (χ2v) is 6.15. The van der Waals surface area contributed by atoms with E-state index in [0.717, 1.165) is 25.9 Å². The first-order valence-corrected chi connectivity index (χ1v) is 7.37. The minimum Gasteiger partial charge on any atom is -0.467 e. The van der Waals surface area contributed by atoms with E-state index in [9.17, 15) is 9.59 Å². The number of rotatable bonds is 4. The molecule has 1 aliphatic rings. The van der Waals surface area contributed by atoms with E-state index in [1.165, 1.54) is 7.11 Å². The van der Waals surface area contributed by atoms with E-state index in [1.54, 1.807) is 20.8 Å². The molecule has 0 unspecified atom stereocenters. The van der Waals surface area contributed by atoms with Crippen molar-refractivity contribution in [1.82, 2.24) is 15.5 Å². The maximum absolute atomic E-state index is 11.8. The second-order valence-electron chi connectivity index (χ2n) is 6.15. The predicted molar refractivity (Wildman–Crippen MR) is 81.7 cm³/mol. The van der Waals surface area contributed by atoms with Gasteiger partial charge in [-0.1, -0.05) is 0 Å². The van der Waals surface area contributed by atoms with Crippen LogP contribution in [0.1, 0.15) is 33.6 Å². The van der Waals surface area contributed by atoms with Crippen LogP contribution in [0.5, 0.6) is 0 Å². The average molecular weight is 314 g/mol. The van der Waals surface area contributed by atoms with Gasteiger partial charge in [0, 0.05) is 19.6 Å². The number of hydrogen-bond acceptors (Lipinski definition) is 5. The lowest BCUT2D eigenvalue weighted by molar-refractivity contribution is -0.142. The molecule has 1 saturated heterocycles. The summed E-state index contributed by atoms with van der Waals surface area (Å²) >= 11 is 0. The first kappa shape index (κ1) is 18.1. The Morgan fingerprint density at radius 1 is 1.27 bits per heavy atom. The number of esters is 1. The lowest BCUT2D eigenvalue weighted by Gasteiger charge is -2.24. The molecule has 0 bridgehead atoms. The van der Waals surface area contributed by atoms with Crippen LogP contribution < -0.4 is 10.6 Å². The first-order valence-electron chi connectivity index (χ1n) is 7.37. The number of amides is 1. The number of carbonyl (C=O) groups excluding carboxylic acids is 2. The third-order valence-electron chi connectivity index (χ3n) is 3.07. The molecule has 1 atom stereocenters. The molecule has 3 N–H and O–H groups in total. The maximum atomic E-state index is 11.8. The Hall–Kier alpha value is -1.99. The van der Waals surface area contributed by atoms with E-state index in [0.29, 0.717) is 0 Å². The number of carbonyl (C=O) groups is 2. The number of nitrogens with zero attached hydrogens (tertiary/aromatic N) is 1. The molecular weight excluding hydrogens is 288 g/mol. The molecule has 1 amide bonds. The molecule has 0 aromatic heterocycles. The Bertz CT molecular complexity index is 414. The van der Waals surface area contributed by atoms with Crippen molar-refractivity contribution >= 4 is 18.0 Å². The lowest BCUT2D eigenvalue weighted by Crippen LogP contribution is -2.52. The van der Waals surface area contributed by atoms with Crippen LogP contribution in [0.15, 0.2) is 0 Å². The van der Waals surface area contributed by atoms with E-state index in [4.69, 9.17) is 10.1 Å². The molecule has 0 radical (unpaired) electrons. The fourth-order valence-corrected chi connectivity index (χ4v) is 2.04. The molecular formula is C14H26N4O4. The molecule has 0 aromatic rings. The number of nitrogens with one attached hydrogen (secondary N) is 3. The monoisotopic (exact) mass is 314 g/mol. The molecule has 126 valence electrons. The smallest absolute Gasteiger partial charge is 0.408 e. The summed E-state index contributed by atoms with van der Waals surface area (Å²) in [5.41, 5.74) is -0.652. The van der Waals surface area contributed by atoms with Crippen molar-refractivity contribution < 1.29 is 19.1 Å². The molecule has 1 rings (SSSR count). The van der Waals surface area contributed by atoms with Crippen LogP contribution in [0.2, 0.25) is 0 Å². The van der Waals surface area contributed by atoms with Crippen LogP contribution in [0.3, 0.4) is 0 Å². The highest BCUT2D eigenvalue weighted by Gasteiger charge is 2.26. The highest BCUT2D eigenvalue weighted by molar-refractivity contribution is 5.83. The van der Waals surface area contributed by atoms with Gasteiger partial charge in [0.15, 0.2) is 5.96 Å². The van der Waals surface area contributed by atoms with E-state index < -0.39 is 23.7 Å². The van der Waals surface area contributed by atoms with Crippen molar-refractivity contribution in [3.63, 3.8) is 0 Å². The number of alkyl carbamates (subject to hydrolysis) is 1. The second kappa shape index (κ2) is 7.86. The molecule has 0 aromatic carbocycles. The zero-order valence-corrected chi connectivity index (χ0v) is 13.7. The molecule has 8 heteroatoms. The van der Waals surface area contributed by atoms with E-state index >= 15 is 0 Å². The maximum Gasteiger partial charge on any atom is 0.408 e. The van der Waals surface area contributed by atoms with Crippen molar-refractivity contribution in [1.29, 1.82) is 5.41 Å². The number of guanidine groups is 1. The highest BCUT2D eigenvalue weighted by atomic mass is 16.6. The van der Waals surface area contributed by atoms with Gasteiger partial charge in [-0.3, -0.25) is 5.41 Å². The summed E-state index contributed by atoms with van der Waals surface area (Å²) in [4.78, 5) is 25.4. The van der Waals surface area contributed by atoms with Crippen LogP contribution in [0.25, 0.3) is 0 Å². The summed E-state index contributed by atoms with van der Waals surface area (Å²) in [5, 5.41) is 13.2. The van der Waals surface area contributed by atoms with Gasteiger partial charge in [-0.2, -0.15) is 0 Å². The Kier molecular flexibility index (Phi) is 6.45. The van der Waals surface area contributed by atoms with E-state index in [2.05, 4.69) is 15.4 Å². The van der Waals surface area contributed by atoms with Gasteiger partial charge in [0.2, 0.25) is 0 Å². The van der Waals surface area contributed by atoms with Crippen molar-refractivity contribution in [2.24, 2.45) is 0 Å². The van der Waals surface area contributed by atoms with Crippen LogP contribution in [0.4, 0.5) is 4.79 Å². The summed E-state index contributed by atoms with van der Waals surface area (Å²) in [6.07, 6.45) is 1.42. The Labute approximate surface area is 131 Å². The Balaban J connectivity index is 2.51. The Morgan fingerprint density at radius 2 is 1.86 bits per heavy atom. The Morgan fingerprint density at radius 3 is 2.36 bits per heavy atom. The van der Waals surface area contributed by atoms with Gasteiger partial charge < -0.3 is 25.0 Å². The number of methoxy groups -OCH3 is 1. The van der Waals surface area contributed by atoms with Crippen molar-refractivity contribution in [2.75, 3.05) is 26.7 Å². The predicted octanol–water partition coefficient (Wildman–Crippen LogP) is 0.673. The van der Waals surface area contributed by atoms with Crippen molar-refractivity contribution in [3.8, 4) is 0 Å². The SMILES string of the molecule is COC(=O)[C@H](CNC(=N)N1CCCC1)NC(=O)OC(C)(C)C. The summed E-state index contributed by atoms with van der Waals surface area (Å²) < 4.78 is 9.79. The number of ether oxygens (including phenoxy) is 2. The molecule has 1 aliphatic heterocycles. The molecule has 1 heterocycles. The van der Waals surface area contributed by atoms with Crippen LogP contribution in [-0.4, -0.2) is 61.3 Å². The van der Waals surface area contributed by atoms with Gasteiger partial charge in [-0.25, -0.2) is 9.59 Å². The van der Waals surface area contributed by atoms with Gasteiger partial charge >= 0.3 is 12.1 Å². The summed E-state index contributed by atoms with van der Waals surface area (Å²) in [6, 6.07) is -0.914. The van der Waals surface area contributed by atoms with Crippen molar-refractivity contribution in [2.45, 2.75) is 45.3 Å². The quantitative estimate of drug-likeness (QED) is 0.400. The van der Waals surface area contributed by atoms with Gasteiger partial charge in [0.1, 0.15) is 11.6 Å². The number of likely N-dealkylation sites (tertiary alicyclic amines) is 1. The highest BCUT2D eigenvalue weighted by Crippen LogP contribution is 2.08. The van der Waals surface area contributed by atoms with Crippen LogP contribution in [-0.2, 0) is 14.3 Å². The van der Waals surface area contributed by atoms with Crippen molar-refractivity contribution in [3.05, 3.63) is 0 Å². The van der Waals surface area contributed by atoms with E-state index in [1.807, 2.05) is 4.90 Å². The standard InChI is InChI=1S/C14H26N4O4/c1-14(2,3)22-13(20)17-10(11(19)21-4)9-16-12(15)18-7-5-6-8-18/h10H,5-9H2,1-4H3,(H2,15,16)(H,17,20)/t10-/m0/s1. The van der Waals surface area contributed by atoms with Gasteiger partial charge in [0.25, 0.3) is 0 Å². The average Bonchev–Trinajstić information content (AvgIpc) is 2.94. The first-order chi connectivity index (χ1) is 10.2. The summed E-state index contributed by atoms with van der Waals surface area (Å²) in [5.74, 6) is -0.343. The minimum atomic E-state index is -0.914. The molecule has 0 saturated carbocycles. The molecule has 22 heavy (non-hydrogen) atoms. The third kappa shape index (κ3) is 6.19. The van der Waals surface area contributed by atoms with Gasteiger partial charge in [-0.05, 0) is 33.6 Å². The minimum absolute atomic E-state index is 0.0707. The fraction of sp³-hybridized carbons (Fsp3) is 0.786. The third-order valence-corrected chi connectivity index (χ3v) is 3.07. The zero-order chi connectivity index (χ0) is 16.8. The zero-order valence-electron chi connectivity index (χ0n) is 13.7. The molecule has 8 nitrogen and oxygen atoms in total. The lowest BCUT2D eigenvalue weighted by atomic mass is 10.2. The van der Waals surface area contributed by atoms with Crippen LogP contribution >= 0.6 is 0 Å². The topological polar surface area (TPSA) is 104 Å². The van der Waals surface area contributed by atoms with Gasteiger partial charge in [-0.15, -0.1) is 0 Å².